The Hall–Kier alpha value is -4.23. The van der Waals surface area contributed by atoms with Crippen LogP contribution in [0.5, 0.6) is 0 Å². The van der Waals surface area contributed by atoms with E-state index in [0.717, 1.165) is 45.3 Å². The Kier molecular flexibility index (Phi) is 9.64. The number of rotatable bonds is 11. The van der Waals surface area contributed by atoms with Gasteiger partial charge < -0.3 is 15.3 Å². The molecule has 0 atom stereocenters. The van der Waals surface area contributed by atoms with Crippen molar-refractivity contribution in [1.29, 1.82) is 0 Å². The van der Waals surface area contributed by atoms with E-state index in [-0.39, 0.29) is 12.5 Å². The molecular formula is C32H33N3O3S. The van der Waals surface area contributed by atoms with Gasteiger partial charge >= 0.3 is 12.0 Å². The smallest absolute Gasteiger partial charge is 0.326 e. The predicted molar refractivity (Wildman–Crippen MR) is 160 cm³/mol. The van der Waals surface area contributed by atoms with Gasteiger partial charge in [-0.15, -0.1) is 0 Å². The summed E-state index contributed by atoms with van der Waals surface area (Å²) in [4.78, 5) is 30.3. The van der Waals surface area contributed by atoms with Crippen LogP contribution in [0.25, 0.3) is 0 Å². The first-order chi connectivity index (χ1) is 18.9. The van der Waals surface area contributed by atoms with Crippen LogP contribution in [0.3, 0.4) is 0 Å². The molecular weight excluding hydrogens is 506 g/mol. The van der Waals surface area contributed by atoms with E-state index in [9.17, 15) is 9.59 Å². The lowest BCUT2D eigenvalue weighted by atomic mass is 10.1. The van der Waals surface area contributed by atoms with Crippen molar-refractivity contribution in [3.8, 4) is 0 Å². The van der Waals surface area contributed by atoms with E-state index in [1.54, 1.807) is 16.7 Å². The quantitative estimate of drug-likeness (QED) is 0.211. The van der Waals surface area contributed by atoms with Crippen molar-refractivity contribution in [1.82, 2.24) is 0 Å². The van der Waals surface area contributed by atoms with E-state index in [0.29, 0.717) is 6.54 Å². The summed E-state index contributed by atoms with van der Waals surface area (Å²) in [6.45, 7) is 0.564. The maximum Gasteiger partial charge on any atom is 0.326 e. The number of benzene rings is 4. The third-order valence-electron chi connectivity index (χ3n) is 6.21. The molecule has 0 aliphatic rings. The molecule has 7 heteroatoms. The van der Waals surface area contributed by atoms with Crippen LogP contribution in [0.4, 0.5) is 21.9 Å². The largest absolute Gasteiger partial charge is 0.481 e. The second-order valence-electron chi connectivity index (χ2n) is 9.43. The number of hydrogen-bond acceptors (Lipinski definition) is 4. The maximum atomic E-state index is 13.5. The minimum Gasteiger partial charge on any atom is -0.481 e. The number of carboxylic acids is 1. The number of amides is 2. The Morgan fingerprint density at radius 1 is 0.769 bits per heavy atom. The number of anilines is 3. The van der Waals surface area contributed by atoms with Gasteiger partial charge in [-0.25, -0.2) is 4.79 Å². The second-order valence-corrected chi connectivity index (χ2v) is 10.6. The Balaban J connectivity index is 1.51. The standard InChI is InChI=1S/C32H33N3O3S/c1-34(2)27-17-15-26(16-18-27)33-32(38)35(21-7-10-24-8-4-3-5-9-24)28-11-6-12-30(23-28)39-29-19-13-25(14-20-29)22-31(36)37/h3-6,8-9,11-20,23H,7,10,21-22H2,1-2H3,(H,33,38)(H,36,37). The van der Waals surface area contributed by atoms with Gasteiger partial charge in [0.2, 0.25) is 0 Å². The summed E-state index contributed by atoms with van der Waals surface area (Å²) in [5, 5.41) is 12.1. The second kappa shape index (κ2) is 13.5. The molecule has 2 amide bonds. The SMILES string of the molecule is CN(C)c1ccc(NC(=O)N(CCCc2ccccc2)c2cccc(Sc3ccc(CC(=O)O)cc3)c2)cc1. The number of nitrogens with one attached hydrogen (secondary N) is 1. The highest BCUT2D eigenvalue weighted by Crippen LogP contribution is 2.31. The molecule has 0 saturated carbocycles. The molecule has 0 heterocycles. The highest BCUT2D eigenvalue weighted by atomic mass is 32.2. The van der Waals surface area contributed by atoms with Crippen LogP contribution in [-0.2, 0) is 17.6 Å². The van der Waals surface area contributed by atoms with Crippen molar-refractivity contribution in [2.24, 2.45) is 0 Å². The molecule has 0 aromatic heterocycles. The topological polar surface area (TPSA) is 72.9 Å². The highest BCUT2D eigenvalue weighted by molar-refractivity contribution is 7.99. The minimum atomic E-state index is -0.845. The number of hydrogen-bond donors (Lipinski definition) is 2. The summed E-state index contributed by atoms with van der Waals surface area (Å²) < 4.78 is 0. The summed E-state index contributed by atoms with van der Waals surface area (Å²) >= 11 is 1.58. The fraction of sp³-hybridized carbons (Fsp3) is 0.188. The van der Waals surface area contributed by atoms with Crippen molar-refractivity contribution in [2.75, 3.05) is 35.8 Å². The van der Waals surface area contributed by atoms with Gasteiger partial charge in [0.15, 0.2) is 0 Å². The molecule has 0 unspecified atom stereocenters. The number of aryl methyl sites for hydroxylation is 1. The molecule has 0 saturated heterocycles. The molecule has 39 heavy (non-hydrogen) atoms. The van der Waals surface area contributed by atoms with Gasteiger partial charge in [-0.1, -0.05) is 60.3 Å². The normalized spacial score (nSPS) is 10.6. The lowest BCUT2D eigenvalue weighted by molar-refractivity contribution is -0.136. The lowest BCUT2D eigenvalue weighted by Gasteiger charge is -2.24. The monoisotopic (exact) mass is 539 g/mol. The first kappa shape index (κ1) is 27.8. The summed E-state index contributed by atoms with van der Waals surface area (Å²) in [6.07, 6.45) is 1.70. The van der Waals surface area contributed by atoms with Gasteiger partial charge in [0.05, 0.1) is 6.42 Å². The fourth-order valence-electron chi connectivity index (χ4n) is 4.17. The Labute approximate surface area is 234 Å². The highest BCUT2D eigenvalue weighted by Gasteiger charge is 2.17. The van der Waals surface area contributed by atoms with Gasteiger partial charge in [0.25, 0.3) is 0 Å². The zero-order valence-electron chi connectivity index (χ0n) is 22.2. The van der Waals surface area contributed by atoms with E-state index in [1.807, 2.05) is 110 Å². The van der Waals surface area contributed by atoms with Crippen molar-refractivity contribution in [3.05, 3.63) is 114 Å². The zero-order valence-corrected chi connectivity index (χ0v) is 23.0. The molecule has 0 spiro atoms. The van der Waals surface area contributed by atoms with Crippen LogP contribution in [0.15, 0.2) is 113 Å². The van der Waals surface area contributed by atoms with Crippen LogP contribution in [0.2, 0.25) is 0 Å². The summed E-state index contributed by atoms with van der Waals surface area (Å²) in [5.41, 5.74) is 4.63. The Bertz CT molecular complexity index is 1370. The molecule has 0 fully saturated rings. The Morgan fingerprint density at radius 3 is 2.15 bits per heavy atom. The maximum absolute atomic E-state index is 13.5. The first-order valence-corrected chi connectivity index (χ1v) is 13.7. The van der Waals surface area contributed by atoms with Gasteiger partial charge in [-0.3, -0.25) is 9.69 Å². The number of carbonyl (C=O) groups excluding carboxylic acids is 1. The van der Waals surface area contributed by atoms with Gasteiger partial charge in [-0.05, 0) is 78.6 Å². The number of nitrogens with zero attached hydrogens (tertiary/aromatic N) is 2. The molecule has 200 valence electrons. The van der Waals surface area contributed by atoms with Crippen LogP contribution in [0.1, 0.15) is 17.5 Å². The molecule has 4 rings (SSSR count). The third-order valence-corrected chi connectivity index (χ3v) is 7.21. The van der Waals surface area contributed by atoms with Crippen LogP contribution < -0.4 is 15.1 Å². The summed E-state index contributed by atoms with van der Waals surface area (Å²) in [7, 11) is 3.97. The number of carboxylic acid groups (broad SMARTS) is 1. The molecule has 4 aromatic rings. The van der Waals surface area contributed by atoms with Gasteiger partial charge in [0, 0.05) is 47.5 Å². The van der Waals surface area contributed by atoms with Crippen molar-refractivity contribution in [2.45, 2.75) is 29.1 Å². The third kappa shape index (κ3) is 8.38. The average Bonchev–Trinajstić information content (AvgIpc) is 2.93. The number of aliphatic carboxylic acids is 1. The molecule has 6 nitrogen and oxygen atoms in total. The lowest BCUT2D eigenvalue weighted by Crippen LogP contribution is -2.36. The van der Waals surface area contributed by atoms with E-state index in [2.05, 4.69) is 17.4 Å². The van der Waals surface area contributed by atoms with E-state index < -0.39 is 5.97 Å². The van der Waals surface area contributed by atoms with Gasteiger partial charge in [-0.2, -0.15) is 0 Å². The molecule has 2 N–H and O–H groups in total. The summed E-state index contributed by atoms with van der Waals surface area (Å²) in [5.74, 6) is -0.845. The molecule has 0 bridgehead atoms. The fourth-order valence-corrected chi connectivity index (χ4v) is 5.04. The van der Waals surface area contributed by atoms with E-state index in [1.165, 1.54) is 5.56 Å². The van der Waals surface area contributed by atoms with E-state index >= 15 is 0 Å². The minimum absolute atomic E-state index is 0.00531. The Morgan fingerprint density at radius 2 is 1.49 bits per heavy atom. The summed E-state index contributed by atoms with van der Waals surface area (Å²) in [6, 6.07) is 33.4. The average molecular weight is 540 g/mol. The van der Waals surface area contributed by atoms with Crippen molar-refractivity contribution in [3.63, 3.8) is 0 Å². The molecule has 4 aromatic carbocycles. The van der Waals surface area contributed by atoms with Crippen LogP contribution in [0, 0.1) is 0 Å². The zero-order chi connectivity index (χ0) is 27.6. The number of urea groups is 1. The van der Waals surface area contributed by atoms with Crippen molar-refractivity contribution >= 4 is 40.8 Å². The molecule has 0 aliphatic heterocycles. The van der Waals surface area contributed by atoms with E-state index in [4.69, 9.17) is 5.11 Å². The number of carbonyl (C=O) groups is 2. The van der Waals surface area contributed by atoms with Crippen LogP contribution >= 0.6 is 11.8 Å². The van der Waals surface area contributed by atoms with Crippen LogP contribution in [-0.4, -0.2) is 37.7 Å². The first-order valence-electron chi connectivity index (χ1n) is 12.9. The van der Waals surface area contributed by atoms with Crippen molar-refractivity contribution < 1.29 is 14.7 Å². The van der Waals surface area contributed by atoms with Gasteiger partial charge in [0.1, 0.15) is 0 Å². The molecule has 0 aliphatic carbocycles. The predicted octanol–water partition coefficient (Wildman–Crippen LogP) is 7.20. The molecule has 0 radical (unpaired) electrons.